The Hall–Kier alpha value is -1.51. The third kappa shape index (κ3) is 2.84. The number of benzene rings is 2. The molecule has 3 heteroatoms. The first-order valence-electron chi connectivity index (χ1n) is 5.78. The van der Waals surface area contributed by atoms with Crippen LogP contribution in [0.5, 0.6) is 5.75 Å². The molecule has 0 fully saturated rings. The Bertz CT molecular complexity index is 524. The Morgan fingerprint density at radius 1 is 1.11 bits per heavy atom. The number of halogens is 1. The molecule has 0 radical (unpaired) electrons. The van der Waals surface area contributed by atoms with Gasteiger partial charge >= 0.3 is 0 Å². The van der Waals surface area contributed by atoms with E-state index in [1.165, 1.54) is 0 Å². The van der Waals surface area contributed by atoms with Gasteiger partial charge in [-0.3, -0.25) is 0 Å². The van der Waals surface area contributed by atoms with Crippen molar-refractivity contribution in [3.05, 3.63) is 64.2 Å². The molecular weight excluding hydrogens is 248 g/mol. The molecule has 0 atom stereocenters. The molecule has 2 aromatic rings. The molecule has 2 nitrogen and oxygen atoms in total. The maximum Gasteiger partial charge on any atom is 0.138 e. The van der Waals surface area contributed by atoms with E-state index in [1.807, 2.05) is 49.4 Å². The Morgan fingerprint density at radius 2 is 1.83 bits per heavy atom. The van der Waals surface area contributed by atoms with E-state index in [0.29, 0.717) is 17.4 Å². The molecule has 2 rings (SSSR count). The minimum atomic E-state index is -0.0762. The van der Waals surface area contributed by atoms with Crippen molar-refractivity contribution in [2.24, 2.45) is 0 Å². The highest BCUT2D eigenvalue weighted by Gasteiger charge is 2.09. The molecular formula is C15H15ClO2. The normalized spacial score (nSPS) is 10.4. The summed E-state index contributed by atoms with van der Waals surface area (Å²) >= 11 is 6.20. The van der Waals surface area contributed by atoms with Crippen molar-refractivity contribution in [3.63, 3.8) is 0 Å². The van der Waals surface area contributed by atoms with Crippen LogP contribution in [-0.4, -0.2) is 5.11 Å². The van der Waals surface area contributed by atoms with Gasteiger partial charge in [-0.25, -0.2) is 0 Å². The van der Waals surface area contributed by atoms with Gasteiger partial charge in [-0.05, 0) is 24.1 Å². The molecule has 0 saturated carbocycles. The van der Waals surface area contributed by atoms with Crippen LogP contribution in [0.2, 0.25) is 5.02 Å². The maximum atomic E-state index is 9.27. The third-order valence-corrected chi connectivity index (χ3v) is 3.25. The lowest BCUT2D eigenvalue weighted by molar-refractivity contribution is 0.277. The number of aliphatic hydroxyl groups excluding tert-OH is 1. The lowest BCUT2D eigenvalue weighted by Crippen LogP contribution is -1.98. The molecule has 0 spiro atoms. The fourth-order valence-corrected chi connectivity index (χ4v) is 2.06. The molecule has 94 valence electrons. The first kappa shape index (κ1) is 12.9. The van der Waals surface area contributed by atoms with Crippen molar-refractivity contribution in [1.82, 2.24) is 0 Å². The minimum Gasteiger partial charge on any atom is -0.487 e. The summed E-state index contributed by atoms with van der Waals surface area (Å²) in [7, 11) is 0. The van der Waals surface area contributed by atoms with E-state index < -0.39 is 0 Å². The summed E-state index contributed by atoms with van der Waals surface area (Å²) in [6.45, 7) is 2.31. The topological polar surface area (TPSA) is 29.5 Å². The predicted octanol–water partition coefficient (Wildman–Crippen LogP) is 3.72. The highest BCUT2D eigenvalue weighted by atomic mass is 35.5. The monoisotopic (exact) mass is 262 g/mol. The zero-order chi connectivity index (χ0) is 13.0. The van der Waals surface area contributed by atoms with E-state index in [-0.39, 0.29) is 6.61 Å². The van der Waals surface area contributed by atoms with E-state index >= 15 is 0 Å². The van der Waals surface area contributed by atoms with Gasteiger partial charge in [0.25, 0.3) is 0 Å². The number of aliphatic hydroxyl groups is 1. The molecule has 0 aromatic heterocycles. The zero-order valence-electron chi connectivity index (χ0n) is 10.2. The molecule has 0 saturated heterocycles. The van der Waals surface area contributed by atoms with Crippen LogP contribution in [0.3, 0.4) is 0 Å². The first-order chi connectivity index (χ1) is 8.72. The van der Waals surface area contributed by atoms with Crippen LogP contribution in [0.25, 0.3) is 0 Å². The highest BCUT2D eigenvalue weighted by molar-refractivity contribution is 6.32. The Labute approximate surface area is 112 Å². The van der Waals surface area contributed by atoms with Gasteiger partial charge in [0.05, 0.1) is 11.6 Å². The van der Waals surface area contributed by atoms with E-state index in [1.54, 1.807) is 0 Å². The summed E-state index contributed by atoms with van der Waals surface area (Å²) in [5.41, 5.74) is 2.77. The summed E-state index contributed by atoms with van der Waals surface area (Å²) in [5, 5.41) is 9.76. The van der Waals surface area contributed by atoms with E-state index in [4.69, 9.17) is 16.3 Å². The van der Waals surface area contributed by atoms with Crippen LogP contribution in [0.15, 0.2) is 42.5 Å². The van der Waals surface area contributed by atoms with Crippen LogP contribution < -0.4 is 4.74 Å². The van der Waals surface area contributed by atoms with Gasteiger partial charge < -0.3 is 9.84 Å². The average Bonchev–Trinajstić information content (AvgIpc) is 2.40. The lowest BCUT2D eigenvalue weighted by atomic mass is 10.1. The fraction of sp³-hybridized carbons (Fsp3) is 0.200. The molecule has 0 amide bonds. The van der Waals surface area contributed by atoms with E-state index in [2.05, 4.69) is 0 Å². The summed E-state index contributed by atoms with van der Waals surface area (Å²) < 4.78 is 5.68. The van der Waals surface area contributed by atoms with Gasteiger partial charge in [-0.15, -0.1) is 0 Å². The molecule has 0 aliphatic heterocycles. The van der Waals surface area contributed by atoms with Gasteiger partial charge in [0.1, 0.15) is 12.4 Å². The first-order valence-corrected chi connectivity index (χ1v) is 6.15. The second-order valence-electron chi connectivity index (χ2n) is 4.11. The molecule has 0 heterocycles. The standard InChI is InChI=1S/C15H15ClO2/c1-11-7-8-14(15(16)13(11)9-17)18-10-12-5-3-2-4-6-12/h2-8,17H,9-10H2,1H3. The molecule has 18 heavy (non-hydrogen) atoms. The largest absolute Gasteiger partial charge is 0.487 e. The average molecular weight is 263 g/mol. The number of aryl methyl sites for hydroxylation is 1. The maximum absolute atomic E-state index is 9.27. The number of rotatable bonds is 4. The Kier molecular flexibility index (Phi) is 4.24. The van der Waals surface area contributed by atoms with Crippen LogP contribution in [0.1, 0.15) is 16.7 Å². The van der Waals surface area contributed by atoms with Gasteiger partial charge in [-0.2, -0.15) is 0 Å². The molecule has 0 bridgehead atoms. The Balaban J connectivity index is 2.15. The minimum absolute atomic E-state index is 0.0762. The smallest absolute Gasteiger partial charge is 0.138 e. The van der Waals surface area contributed by atoms with Gasteiger partial charge in [0.2, 0.25) is 0 Å². The van der Waals surface area contributed by atoms with Crippen LogP contribution in [0, 0.1) is 6.92 Å². The Morgan fingerprint density at radius 3 is 2.50 bits per heavy atom. The number of hydrogen-bond donors (Lipinski definition) is 1. The summed E-state index contributed by atoms with van der Waals surface area (Å²) in [5.74, 6) is 0.607. The lowest BCUT2D eigenvalue weighted by Gasteiger charge is -2.12. The van der Waals surface area contributed by atoms with Gasteiger partial charge in [0, 0.05) is 5.56 Å². The van der Waals surface area contributed by atoms with Crippen LogP contribution in [-0.2, 0) is 13.2 Å². The SMILES string of the molecule is Cc1ccc(OCc2ccccc2)c(Cl)c1CO. The van der Waals surface area contributed by atoms with Crippen molar-refractivity contribution in [1.29, 1.82) is 0 Å². The molecule has 2 aromatic carbocycles. The predicted molar refractivity (Wildman–Crippen MR) is 72.9 cm³/mol. The summed E-state index contributed by atoms with van der Waals surface area (Å²) in [6, 6.07) is 13.6. The van der Waals surface area contributed by atoms with Crippen LogP contribution >= 0.6 is 11.6 Å². The van der Waals surface area contributed by atoms with Crippen LogP contribution in [0.4, 0.5) is 0 Å². The highest BCUT2D eigenvalue weighted by Crippen LogP contribution is 2.31. The van der Waals surface area contributed by atoms with Crippen molar-refractivity contribution >= 4 is 11.6 Å². The molecule has 0 aliphatic carbocycles. The zero-order valence-corrected chi connectivity index (χ0v) is 10.9. The molecule has 0 aliphatic rings. The van der Waals surface area contributed by atoms with Gasteiger partial charge in [0.15, 0.2) is 0 Å². The third-order valence-electron chi connectivity index (χ3n) is 2.84. The van der Waals surface area contributed by atoms with E-state index in [9.17, 15) is 5.11 Å². The second-order valence-corrected chi connectivity index (χ2v) is 4.48. The quantitative estimate of drug-likeness (QED) is 0.910. The molecule has 1 N–H and O–H groups in total. The van der Waals surface area contributed by atoms with Crippen molar-refractivity contribution in [2.75, 3.05) is 0 Å². The van der Waals surface area contributed by atoms with Gasteiger partial charge in [-0.1, -0.05) is 48.0 Å². The number of ether oxygens (including phenoxy) is 1. The van der Waals surface area contributed by atoms with Crippen molar-refractivity contribution in [3.8, 4) is 5.75 Å². The van der Waals surface area contributed by atoms with Crippen molar-refractivity contribution < 1.29 is 9.84 Å². The summed E-state index contributed by atoms with van der Waals surface area (Å²) in [4.78, 5) is 0. The fourth-order valence-electron chi connectivity index (χ4n) is 1.74. The number of hydrogen-bond acceptors (Lipinski definition) is 2. The second kappa shape index (κ2) is 5.89. The van der Waals surface area contributed by atoms with Crippen molar-refractivity contribution in [2.45, 2.75) is 20.1 Å². The van der Waals surface area contributed by atoms with E-state index in [0.717, 1.165) is 16.7 Å². The molecule has 0 unspecified atom stereocenters. The summed E-state index contributed by atoms with van der Waals surface area (Å²) in [6.07, 6.45) is 0.